The molecule has 1 aliphatic rings. The maximum atomic E-state index is 4.62. The topological polar surface area (TPSA) is 30.2 Å². The molecule has 0 atom stereocenters. The largest absolute Gasteiger partial charge is 0.232 e. The van der Waals surface area contributed by atoms with E-state index in [9.17, 15) is 0 Å². The summed E-state index contributed by atoms with van der Waals surface area (Å²) in [6.07, 6.45) is 2.59. The Morgan fingerprint density at radius 1 is 1.29 bits per heavy atom. The summed E-state index contributed by atoms with van der Waals surface area (Å²) < 4.78 is 1.96. The van der Waals surface area contributed by atoms with Gasteiger partial charge < -0.3 is 0 Å². The van der Waals surface area contributed by atoms with Gasteiger partial charge in [0.05, 0.1) is 17.1 Å². The fraction of sp³-hybridized carbons (Fsp3) is 0.455. The molecule has 2 aromatic heterocycles. The van der Waals surface area contributed by atoms with Crippen molar-refractivity contribution >= 4 is 5.65 Å². The van der Waals surface area contributed by atoms with Gasteiger partial charge in [-0.05, 0) is 38.8 Å². The number of hydrogen-bond donors (Lipinski definition) is 0. The molecule has 0 aromatic carbocycles. The summed E-state index contributed by atoms with van der Waals surface area (Å²) in [6, 6.07) is 4.06. The smallest absolute Gasteiger partial charge is 0.154 e. The van der Waals surface area contributed by atoms with Crippen LogP contribution in [0.3, 0.4) is 0 Å². The number of fused-ring (bicyclic) bond motifs is 1. The van der Waals surface area contributed by atoms with E-state index in [1.807, 2.05) is 23.6 Å². The zero-order valence-electron chi connectivity index (χ0n) is 8.49. The highest BCUT2D eigenvalue weighted by Gasteiger charge is 2.28. The maximum Gasteiger partial charge on any atom is 0.154 e. The molecule has 0 aliphatic heterocycles. The normalized spacial score (nSPS) is 16.4. The Morgan fingerprint density at radius 3 is 2.79 bits per heavy atom. The average Bonchev–Trinajstić information content (AvgIpc) is 2.95. The van der Waals surface area contributed by atoms with Crippen LogP contribution in [0.15, 0.2) is 12.1 Å². The molecule has 0 bridgehead atoms. The third-order valence-corrected chi connectivity index (χ3v) is 2.84. The number of nitrogens with zero attached hydrogens (tertiary/aromatic N) is 3. The van der Waals surface area contributed by atoms with Gasteiger partial charge in [-0.2, -0.15) is 5.10 Å². The first kappa shape index (κ1) is 7.97. The summed E-state index contributed by atoms with van der Waals surface area (Å²) in [5.74, 6) is 0.706. The molecule has 72 valence electrons. The van der Waals surface area contributed by atoms with E-state index in [1.165, 1.54) is 24.2 Å². The molecule has 1 aliphatic carbocycles. The first-order chi connectivity index (χ1) is 6.75. The predicted molar refractivity (Wildman–Crippen MR) is 54.4 cm³/mol. The molecule has 0 amide bonds. The Kier molecular flexibility index (Phi) is 1.46. The zero-order chi connectivity index (χ0) is 9.71. The van der Waals surface area contributed by atoms with Gasteiger partial charge in [-0.25, -0.2) is 9.50 Å². The standard InChI is InChI=1S/C11H13N3/c1-7-3-6-10-12-11(9-4-5-9)8(2)14(10)13-7/h3,6,9H,4-5H2,1-2H3. The first-order valence-electron chi connectivity index (χ1n) is 5.08. The van der Waals surface area contributed by atoms with Crippen molar-refractivity contribution in [1.29, 1.82) is 0 Å². The highest BCUT2D eigenvalue weighted by atomic mass is 15.3. The molecule has 0 radical (unpaired) electrons. The lowest BCUT2D eigenvalue weighted by Crippen LogP contribution is -1.95. The van der Waals surface area contributed by atoms with Gasteiger partial charge in [-0.1, -0.05) is 0 Å². The van der Waals surface area contributed by atoms with Crippen LogP contribution >= 0.6 is 0 Å². The summed E-state index contributed by atoms with van der Waals surface area (Å²) in [5, 5.41) is 4.46. The molecule has 2 aromatic rings. The Balaban J connectivity index is 2.29. The second-order valence-electron chi connectivity index (χ2n) is 4.10. The van der Waals surface area contributed by atoms with Gasteiger partial charge in [-0.3, -0.25) is 0 Å². The lowest BCUT2D eigenvalue weighted by Gasteiger charge is -1.96. The fourth-order valence-electron chi connectivity index (χ4n) is 1.90. The minimum atomic E-state index is 0.706. The molecule has 3 heteroatoms. The first-order valence-corrected chi connectivity index (χ1v) is 5.08. The van der Waals surface area contributed by atoms with E-state index in [1.54, 1.807) is 0 Å². The van der Waals surface area contributed by atoms with Crippen LogP contribution in [-0.2, 0) is 0 Å². The number of hydrogen-bond acceptors (Lipinski definition) is 2. The fourth-order valence-corrected chi connectivity index (χ4v) is 1.90. The van der Waals surface area contributed by atoms with Gasteiger partial charge in [-0.15, -0.1) is 0 Å². The van der Waals surface area contributed by atoms with Crippen LogP contribution < -0.4 is 0 Å². The zero-order valence-corrected chi connectivity index (χ0v) is 8.49. The van der Waals surface area contributed by atoms with Crippen molar-refractivity contribution in [3.63, 3.8) is 0 Å². The van der Waals surface area contributed by atoms with Crippen molar-refractivity contribution < 1.29 is 0 Å². The van der Waals surface area contributed by atoms with E-state index < -0.39 is 0 Å². The van der Waals surface area contributed by atoms with E-state index in [-0.39, 0.29) is 0 Å². The Hall–Kier alpha value is -1.38. The Labute approximate surface area is 82.8 Å². The Morgan fingerprint density at radius 2 is 2.07 bits per heavy atom. The van der Waals surface area contributed by atoms with Crippen molar-refractivity contribution in [1.82, 2.24) is 14.6 Å². The van der Waals surface area contributed by atoms with Gasteiger partial charge >= 0.3 is 0 Å². The number of imidazole rings is 1. The molecule has 2 heterocycles. The molecule has 14 heavy (non-hydrogen) atoms. The number of aromatic nitrogens is 3. The van der Waals surface area contributed by atoms with Crippen molar-refractivity contribution in [2.45, 2.75) is 32.6 Å². The predicted octanol–water partition coefficient (Wildman–Crippen LogP) is 2.22. The van der Waals surface area contributed by atoms with E-state index >= 15 is 0 Å². The minimum absolute atomic E-state index is 0.706. The van der Waals surface area contributed by atoms with Crippen molar-refractivity contribution in [3.8, 4) is 0 Å². The number of aryl methyl sites for hydroxylation is 2. The van der Waals surface area contributed by atoms with Crippen molar-refractivity contribution in [2.24, 2.45) is 0 Å². The molecule has 0 unspecified atom stereocenters. The third kappa shape index (κ3) is 1.05. The van der Waals surface area contributed by atoms with E-state index in [2.05, 4.69) is 17.0 Å². The Bertz CT molecular complexity index is 494. The highest BCUT2D eigenvalue weighted by molar-refractivity contribution is 5.43. The lowest BCUT2D eigenvalue weighted by molar-refractivity contribution is 0.861. The molecule has 0 spiro atoms. The van der Waals surface area contributed by atoms with Crippen LogP contribution in [0.25, 0.3) is 5.65 Å². The van der Waals surface area contributed by atoms with Gasteiger partial charge in [0.1, 0.15) is 0 Å². The van der Waals surface area contributed by atoms with Crippen LogP contribution in [0.4, 0.5) is 0 Å². The van der Waals surface area contributed by atoms with Crippen LogP contribution in [-0.4, -0.2) is 14.6 Å². The summed E-state index contributed by atoms with van der Waals surface area (Å²) in [7, 11) is 0. The molecule has 1 fully saturated rings. The van der Waals surface area contributed by atoms with Gasteiger partial charge in [0.2, 0.25) is 0 Å². The summed E-state index contributed by atoms with van der Waals surface area (Å²) in [5.41, 5.74) is 4.49. The third-order valence-electron chi connectivity index (χ3n) is 2.84. The van der Waals surface area contributed by atoms with Crippen LogP contribution in [0.1, 0.15) is 35.8 Å². The monoisotopic (exact) mass is 187 g/mol. The molecule has 0 saturated heterocycles. The van der Waals surface area contributed by atoms with Crippen LogP contribution in [0.2, 0.25) is 0 Å². The van der Waals surface area contributed by atoms with E-state index in [0.29, 0.717) is 5.92 Å². The molecular weight excluding hydrogens is 174 g/mol. The second-order valence-corrected chi connectivity index (χ2v) is 4.10. The van der Waals surface area contributed by atoms with Gasteiger partial charge in [0.25, 0.3) is 0 Å². The number of rotatable bonds is 1. The summed E-state index contributed by atoms with van der Waals surface area (Å²) in [6.45, 7) is 4.12. The second kappa shape index (κ2) is 2.56. The molecular formula is C11H13N3. The van der Waals surface area contributed by atoms with Gasteiger partial charge in [0.15, 0.2) is 5.65 Å². The minimum Gasteiger partial charge on any atom is -0.232 e. The molecule has 1 saturated carbocycles. The van der Waals surface area contributed by atoms with E-state index in [0.717, 1.165) is 11.3 Å². The highest BCUT2D eigenvalue weighted by Crippen LogP contribution is 2.40. The van der Waals surface area contributed by atoms with Gasteiger partial charge in [0, 0.05) is 5.92 Å². The SMILES string of the molecule is Cc1ccc2nc(C3CC3)c(C)n2n1. The molecule has 0 N–H and O–H groups in total. The molecule has 3 rings (SSSR count). The summed E-state index contributed by atoms with van der Waals surface area (Å²) in [4.78, 5) is 4.62. The molecule has 3 nitrogen and oxygen atoms in total. The average molecular weight is 187 g/mol. The van der Waals surface area contributed by atoms with Crippen molar-refractivity contribution in [3.05, 3.63) is 29.2 Å². The lowest BCUT2D eigenvalue weighted by atomic mass is 10.2. The van der Waals surface area contributed by atoms with Crippen molar-refractivity contribution in [2.75, 3.05) is 0 Å². The van der Waals surface area contributed by atoms with Crippen LogP contribution in [0.5, 0.6) is 0 Å². The van der Waals surface area contributed by atoms with E-state index in [4.69, 9.17) is 0 Å². The summed E-state index contributed by atoms with van der Waals surface area (Å²) >= 11 is 0. The van der Waals surface area contributed by atoms with Crippen LogP contribution in [0, 0.1) is 13.8 Å². The maximum absolute atomic E-state index is 4.62. The quantitative estimate of drug-likeness (QED) is 0.685.